The molecule has 1 atom stereocenters. The van der Waals surface area contributed by atoms with Crippen LogP contribution in [0.15, 0.2) is 4.79 Å². The molecule has 2 aliphatic heterocycles. The summed E-state index contributed by atoms with van der Waals surface area (Å²) in [6, 6.07) is 0. The van der Waals surface area contributed by atoms with E-state index in [9.17, 15) is 9.59 Å². The Morgan fingerprint density at radius 2 is 2.19 bits per heavy atom. The molecule has 0 bridgehead atoms. The second-order valence-electron chi connectivity index (χ2n) is 7.45. The van der Waals surface area contributed by atoms with E-state index in [4.69, 9.17) is 4.98 Å². The van der Waals surface area contributed by atoms with Crippen LogP contribution in [0.1, 0.15) is 53.2 Å². The number of thiophene rings is 1. The molecule has 1 saturated heterocycles. The topological polar surface area (TPSA) is 76.0 Å². The van der Waals surface area contributed by atoms with Crippen LogP contribution in [0.25, 0.3) is 10.2 Å². The zero-order chi connectivity index (χ0) is 18.1. The average molecular weight is 411 g/mol. The van der Waals surface area contributed by atoms with E-state index >= 15 is 0 Å². The number of halogens is 1. The first-order valence-electron chi connectivity index (χ1n) is 9.67. The maximum absolute atomic E-state index is 13.0. The molecule has 1 fully saturated rings. The van der Waals surface area contributed by atoms with E-state index in [0.717, 1.165) is 69.5 Å². The van der Waals surface area contributed by atoms with Crippen molar-refractivity contribution in [3.63, 3.8) is 0 Å². The van der Waals surface area contributed by atoms with Crippen LogP contribution >= 0.6 is 23.7 Å². The van der Waals surface area contributed by atoms with Gasteiger partial charge in [0.15, 0.2) is 0 Å². The molecular formula is C19H27ClN4O2S. The second-order valence-corrected chi connectivity index (χ2v) is 8.45. The van der Waals surface area contributed by atoms with Crippen LogP contribution in [0.5, 0.6) is 0 Å². The van der Waals surface area contributed by atoms with Crippen molar-refractivity contribution >= 4 is 39.9 Å². The Balaban J connectivity index is 0.00000210. The van der Waals surface area contributed by atoms with Crippen molar-refractivity contribution in [2.45, 2.75) is 52.0 Å². The monoisotopic (exact) mass is 410 g/mol. The van der Waals surface area contributed by atoms with Gasteiger partial charge in [-0.15, -0.1) is 23.7 Å². The lowest BCUT2D eigenvalue weighted by atomic mass is 10.00. The molecule has 2 aromatic rings. The van der Waals surface area contributed by atoms with Crippen molar-refractivity contribution in [3.8, 4) is 0 Å². The van der Waals surface area contributed by atoms with Gasteiger partial charge < -0.3 is 10.6 Å². The summed E-state index contributed by atoms with van der Waals surface area (Å²) >= 11 is 1.36. The Bertz CT molecular complexity index is 886. The first-order chi connectivity index (χ1) is 12.6. The molecule has 1 unspecified atom stereocenters. The predicted molar refractivity (Wildman–Crippen MR) is 111 cm³/mol. The highest BCUT2D eigenvalue weighted by molar-refractivity contribution is 7.20. The van der Waals surface area contributed by atoms with Crippen LogP contribution < -0.4 is 16.2 Å². The summed E-state index contributed by atoms with van der Waals surface area (Å²) in [5.41, 5.74) is 0.803. The maximum Gasteiger partial charge on any atom is 0.262 e. The summed E-state index contributed by atoms with van der Waals surface area (Å²) in [6.45, 7) is 5.33. The van der Waals surface area contributed by atoms with Crippen LogP contribution in [0.4, 0.5) is 0 Å². The molecule has 0 radical (unpaired) electrons. The number of piperidine rings is 1. The van der Waals surface area contributed by atoms with E-state index in [0.29, 0.717) is 27.6 Å². The Labute approximate surface area is 169 Å². The lowest BCUT2D eigenvalue weighted by Gasteiger charge is -2.22. The SMILES string of the molecule is Cc1c(C(=O)NCC2CCCNC2)sc2nc3n(c(=O)c12)CCCCC3.Cl. The minimum atomic E-state index is -0.0735. The number of carbonyl (C=O) groups excluding carboxylic acids is 1. The predicted octanol–water partition coefficient (Wildman–Crippen LogP) is 2.64. The zero-order valence-electron chi connectivity index (χ0n) is 15.7. The van der Waals surface area contributed by atoms with Crippen LogP contribution in [-0.2, 0) is 13.0 Å². The normalized spacial score (nSPS) is 19.8. The van der Waals surface area contributed by atoms with Gasteiger partial charge >= 0.3 is 0 Å². The number of amides is 1. The summed E-state index contributed by atoms with van der Waals surface area (Å²) in [7, 11) is 0. The fourth-order valence-electron chi connectivity index (χ4n) is 4.04. The molecule has 4 rings (SSSR count). The number of fused-ring (bicyclic) bond motifs is 2. The van der Waals surface area contributed by atoms with E-state index < -0.39 is 0 Å². The molecule has 8 heteroatoms. The van der Waals surface area contributed by atoms with Crippen molar-refractivity contribution in [2.24, 2.45) is 5.92 Å². The van der Waals surface area contributed by atoms with E-state index in [1.54, 1.807) is 0 Å². The smallest absolute Gasteiger partial charge is 0.262 e. The second kappa shape index (κ2) is 8.71. The van der Waals surface area contributed by atoms with Gasteiger partial charge in [0.2, 0.25) is 0 Å². The summed E-state index contributed by atoms with van der Waals surface area (Å²) in [4.78, 5) is 31.8. The lowest BCUT2D eigenvalue weighted by Crippen LogP contribution is -2.38. The van der Waals surface area contributed by atoms with Crippen molar-refractivity contribution in [2.75, 3.05) is 19.6 Å². The third-order valence-corrected chi connectivity index (χ3v) is 6.75. The zero-order valence-corrected chi connectivity index (χ0v) is 17.3. The van der Waals surface area contributed by atoms with Crippen LogP contribution in [0.3, 0.4) is 0 Å². The first kappa shape index (κ1) is 20.3. The quantitative estimate of drug-likeness (QED) is 0.815. The summed E-state index contributed by atoms with van der Waals surface area (Å²) in [5, 5.41) is 7.07. The summed E-state index contributed by atoms with van der Waals surface area (Å²) in [6.07, 6.45) is 6.39. The highest BCUT2D eigenvalue weighted by Gasteiger charge is 2.23. The molecule has 4 heterocycles. The minimum Gasteiger partial charge on any atom is -0.351 e. The molecule has 27 heavy (non-hydrogen) atoms. The van der Waals surface area contributed by atoms with Gasteiger partial charge in [-0.2, -0.15) is 0 Å². The maximum atomic E-state index is 13.0. The Kier molecular flexibility index (Phi) is 6.55. The molecule has 6 nitrogen and oxygen atoms in total. The number of hydrogen-bond donors (Lipinski definition) is 2. The van der Waals surface area contributed by atoms with Gasteiger partial charge in [0, 0.05) is 19.5 Å². The summed E-state index contributed by atoms with van der Waals surface area (Å²) in [5.74, 6) is 1.29. The first-order valence-corrected chi connectivity index (χ1v) is 10.5. The molecule has 1 amide bonds. The standard InChI is InChI=1S/C19H26N4O2S.ClH/c1-12-15-18(22-14-7-3-2-4-9-23(14)19(15)25)26-16(12)17(24)21-11-13-6-5-8-20-10-13;/h13,20H,2-11H2,1H3,(H,21,24);1H. The van der Waals surface area contributed by atoms with E-state index in [-0.39, 0.29) is 23.9 Å². The third kappa shape index (κ3) is 4.05. The minimum absolute atomic E-state index is 0. The molecule has 148 valence electrons. The molecule has 0 aromatic carbocycles. The van der Waals surface area contributed by atoms with Gasteiger partial charge in [0.1, 0.15) is 10.7 Å². The van der Waals surface area contributed by atoms with Crippen LogP contribution in [0, 0.1) is 12.8 Å². The molecule has 2 N–H and O–H groups in total. The van der Waals surface area contributed by atoms with Crippen molar-refractivity contribution < 1.29 is 4.79 Å². The van der Waals surface area contributed by atoms with Gasteiger partial charge in [-0.05, 0) is 57.2 Å². The van der Waals surface area contributed by atoms with Gasteiger partial charge in [-0.1, -0.05) is 6.42 Å². The fraction of sp³-hybridized carbons (Fsp3) is 0.632. The highest BCUT2D eigenvalue weighted by Crippen LogP contribution is 2.28. The number of nitrogens with one attached hydrogen (secondary N) is 2. The molecule has 0 aliphatic carbocycles. The van der Waals surface area contributed by atoms with E-state index in [1.807, 2.05) is 11.5 Å². The van der Waals surface area contributed by atoms with Gasteiger partial charge in [-0.3, -0.25) is 14.2 Å². The van der Waals surface area contributed by atoms with Crippen molar-refractivity contribution in [1.29, 1.82) is 0 Å². The third-order valence-electron chi connectivity index (χ3n) is 5.57. The van der Waals surface area contributed by atoms with E-state index in [2.05, 4.69) is 10.6 Å². The number of nitrogens with zero attached hydrogens (tertiary/aromatic N) is 2. The Hall–Kier alpha value is -1.44. The largest absolute Gasteiger partial charge is 0.351 e. The van der Waals surface area contributed by atoms with Crippen molar-refractivity contribution in [1.82, 2.24) is 20.2 Å². The Morgan fingerprint density at radius 1 is 1.33 bits per heavy atom. The van der Waals surface area contributed by atoms with Crippen LogP contribution in [-0.4, -0.2) is 35.1 Å². The van der Waals surface area contributed by atoms with Gasteiger partial charge in [0.25, 0.3) is 11.5 Å². The molecule has 2 aromatic heterocycles. The van der Waals surface area contributed by atoms with Gasteiger partial charge in [-0.25, -0.2) is 4.98 Å². The molecular weight excluding hydrogens is 384 g/mol. The fourth-order valence-corrected chi connectivity index (χ4v) is 5.15. The average Bonchev–Trinajstić information content (AvgIpc) is 2.82. The van der Waals surface area contributed by atoms with Crippen LogP contribution in [0.2, 0.25) is 0 Å². The van der Waals surface area contributed by atoms with Gasteiger partial charge in [0.05, 0.1) is 10.3 Å². The van der Waals surface area contributed by atoms with E-state index in [1.165, 1.54) is 11.3 Å². The number of hydrogen-bond acceptors (Lipinski definition) is 5. The molecule has 2 aliphatic rings. The molecule has 0 spiro atoms. The number of aromatic nitrogens is 2. The number of carbonyl (C=O) groups is 1. The number of rotatable bonds is 3. The number of aryl methyl sites for hydroxylation is 2. The molecule has 0 saturated carbocycles. The van der Waals surface area contributed by atoms with Crippen molar-refractivity contribution in [3.05, 3.63) is 26.6 Å². The lowest BCUT2D eigenvalue weighted by molar-refractivity contribution is 0.0948. The highest BCUT2D eigenvalue weighted by atomic mass is 35.5. The summed E-state index contributed by atoms with van der Waals surface area (Å²) < 4.78 is 1.82. The Morgan fingerprint density at radius 3 is 2.96 bits per heavy atom.